The molecule has 136 heavy (non-hydrogen) atoms. The van der Waals surface area contributed by atoms with Gasteiger partial charge in [0.2, 0.25) is 29.5 Å². The van der Waals surface area contributed by atoms with Gasteiger partial charge < -0.3 is 54.6 Å². The van der Waals surface area contributed by atoms with Crippen molar-refractivity contribution in [2.75, 3.05) is 87.1 Å². The lowest BCUT2D eigenvalue weighted by molar-refractivity contribution is -0.140. The van der Waals surface area contributed by atoms with Crippen molar-refractivity contribution in [2.45, 2.75) is 300 Å². The molecule has 19 nitrogen and oxygen atoms in total. The van der Waals surface area contributed by atoms with Crippen LogP contribution in [0.2, 0.25) is 0 Å². The number of nitrogens with zero attached hydrogens (tertiary/aromatic N) is 8. The van der Waals surface area contributed by atoms with Crippen molar-refractivity contribution in [1.82, 2.24) is 49.8 Å². The summed E-state index contributed by atoms with van der Waals surface area (Å²) in [6.45, 7) is 38.8. The van der Waals surface area contributed by atoms with Crippen LogP contribution in [-0.2, 0) is 60.8 Å². The molecule has 8 aliphatic carbocycles. The third-order valence-corrected chi connectivity index (χ3v) is 32.0. The maximum Gasteiger partial charge on any atom is 0.410 e. The zero-order valence-electron chi connectivity index (χ0n) is 86.2. The molecule has 5 aromatic rings. The van der Waals surface area contributed by atoms with E-state index < -0.39 is 5.60 Å². The summed E-state index contributed by atoms with van der Waals surface area (Å²) in [5.74, 6) is 5.62. The van der Waals surface area contributed by atoms with Gasteiger partial charge in [-0.3, -0.25) is 24.0 Å². The van der Waals surface area contributed by atoms with Crippen LogP contribution in [-0.4, -0.2) is 209 Å². The topological polar surface area (TPSA) is 196 Å². The molecule has 17 rings (SSSR count). The van der Waals surface area contributed by atoms with E-state index in [1.165, 1.54) is 89.1 Å². The maximum absolute atomic E-state index is 13.8. The van der Waals surface area contributed by atoms with E-state index in [4.69, 9.17) is 4.74 Å². The predicted octanol–water partition coefficient (Wildman–Crippen LogP) is 21.9. The molecule has 4 saturated carbocycles. The average molecular weight is 1850 g/mol. The van der Waals surface area contributed by atoms with E-state index in [9.17, 15) is 38.4 Å². The molecule has 4 unspecified atom stereocenters. The van der Waals surface area contributed by atoms with Gasteiger partial charge in [0.25, 0.3) is 0 Å². The van der Waals surface area contributed by atoms with Gasteiger partial charge in [0.05, 0.1) is 30.6 Å². The number of hydrogen-bond acceptors (Lipinski definition) is 9. The number of nitrogens with one attached hydrogen (secondary N) is 2. The highest BCUT2D eigenvalue weighted by Gasteiger charge is 2.47. The minimum atomic E-state index is -0.479. The summed E-state index contributed by atoms with van der Waals surface area (Å²) >= 11 is 0. The Morgan fingerprint density at radius 1 is 0.353 bits per heavy atom. The van der Waals surface area contributed by atoms with Crippen molar-refractivity contribution >= 4 is 70.0 Å². The molecule has 0 spiro atoms. The van der Waals surface area contributed by atoms with Crippen LogP contribution in [0.4, 0.5) is 14.4 Å². The molecule has 0 radical (unpaired) electrons. The fourth-order valence-electron chi connectivity index (χ4n) is 25.5. The van der Waals surface area contributed by atoms with Crippen molar-refractivity contribution in [3.05, 3.63) is 200 Å². The zero-order valence-corrected chi connectivity index (χ0v) is 86.2. The Bertz CT molecular complexity index is 5030. The van der Waals surface area contributed by atoms with E-state index in [0.29, 0.717) is 90.5 Å². The minimum absolute atomic E-state index is 0.000399. The van der Waals surface area contributed by atoms with Crippen molar-refractivity contribution < 1.29 is 43.1 Å². The Kier molecular flexibility index (Phi) is 33.8. The molecule has 19 heteroatoms. The van der Waals surface area contributed by atoms with Crippen LogP contribution < -0.4 is 10.6 Å². The quantitative estimate of drug-likeness (QED) is 0.0808. The van der Waals surface area contributed by atoms with Crippen molar-refractivity contribution in [2.24, 2.45) is 71.0 Å². The molecule has 10 amide bonds. The molecular weight excluding hydrogens is 1690 g/mol. The highest BCUT2D eigenvalue weighted by molar-refractivity contribution is 5.89. The zero-order chi connectivity index (χ0) is 97.3. The van der Waals surface area contributed by atoms with Gasteiger partial charge in [0.1, 0.15) is 5.60 Å². The third kappa shape index (κ3) is 24.2. The van der Waals surface area contributed by atoms with E-state index in [0.717, 1.165) is 205 Å². The van der Waals surface area contributed by atoms with Crippen molar-refractivity contribution in [3.63, 3.8) is 0 Å². The number of benzene rings is 5. The Labute approximate surface area is 815 Å². The van der Waals surface area contributed by atoms with Crippen LogP contribution in [0.5, 0.6) is 0 Å². The molecule has 0 saturated heterocycles. The second kappa shape index (κ2) is 45.0. The lowest BCUT2D eigenvalue weighted by Crippen LogP contribution is -2.50. The number of fused-ring (bicyclic) bond motifs is 8. The second-order valence-electron chi connectivity index (χ2n) is 45.7. The van der Waals surface area contributed by atoms with Gasteiger partial charge in [0, 0.05) is 116 Å². The Morgan fingerprint density at radius 2 is 0.618 bits per heavy atom. The predicted molar refractivity (Wildman–Crippen MR) is 549 cm³/mol. The van der Waals surface area contributed by atoms with Gasteiger partial charge in [-0.15, -0.1) is 0 Å². The van der Waals surface area contributed by atoms with Crippen LogP contribution in [0.3, 0.4) is 0 Å². The number of amides is 10. The molecule has 4 heterocycles. The van der Waals surface area contributed by atoms with Gasteiger partial charge >= 0.3 is 18.2 Å². The number of likely N-dealkylation sites (N-methyl/N-ethyl adjacent to an activating group) is 1. The van der Waals surface area contributed by atoms with Gasteiger partial charge in [-0.25, -0.2) is 14.4 Å². The van der Waals surface area contributed by atoms with Crippen LogP contribution in [0.25, 0.3) is 22.3 Å². The van der Waals surface area contributed by atoms with E-state index >= 15 is 0 Å². The number of carbonyl (C=O) groups excluding carboxylic acids is 8. The normalized spacial score (nSPS) is 24.4. The molecule has 4 aliphatic heterocycles. The molecule has 736 valence electrons. The number of hydrogen-bond donors (Lipinski definition) is 2. The highest BCUT2D eigenvalue weighted by Crippen LogP contribution is 2.50. The van der Waals surface area contributed by atoms with Crippen molar-refractivity contribution in [1.29, 1.82) is 0 Å². The number of rotatable bonds is 19. The molecule has 0 aromatic heterocycles. The summed E-state index contributed by atoms with van der Waals surface area (Å²) in [7, 11) is 7.49. The minimum Gasteiger partial charge on any atom is -0.444 e. The van der Waals surface area contributed by atoms with Crippen LogP contribution in [0, 0.1) is 71.0 Å². The molecule has 4 atom stereocenters. The first-order chi connectivity index (χ1) is 64.9. The van der Waals surface area contributed by atoms with Crippen molar-refractivity contribution in [3.8, 4) is 0 Å². The first-order valence-electron chi connectivity index (χ1n) is 52.6. The average Bonchev–Trinajstić information content (AvgIpc) is 1.60. The van der Waals surface area contributed by atoms with Crippen LogP contribution >= 0.6 is 0 Å². The highest BCUT2D eigenvalue weighted by atomic mass is 16.6. The Balaban J connectivity index is 0.000000145. The summed E-state index contributed by atoms with van der Waals surface area (Å²) in [5.41, 5.74) is 23.6. The smallest absolute Gasteiger partial charge is 0.410 e. The number of carbonyl (C=O) groups is 8. The maximum atomic E-state index is 13.8. The van der Waals surface area contributed by atoms with Crippen LogP contribution in [0.15, 0.2) is 150 Å². The summed E-state index contributed by atoms with van der Waals surface area (Å²) in [6, 6.07) is 45.9. The molecule has 12 aliphatic rings. The number of urea groups is 2. The Morgan fingerprint density at radius 3 is 0.890 bits per heavy atom. The fourth-order valence-corrected chi connectivity index (χ4v) is 25.5. The molecule has 5 aromatic carbocycles. The largest absolute Gasteiger partial charge is 0.444 e. The van der Waals surface area contributed by atoms with Gasteiger partial charge in [-0.1, -0.05) is 183 Å². The summed E-state index contributed by atoms with van der Waals surface area (Å²) in [4.78, 5) is 121. The first kappa shape index (κ1) is 102. The van der Waals surface area contributed by atoms with E-state index in [1.54, 1.807) is 9.80 Å². The lowest BCUT2D eigenvalue weighted by Gasteiger charge is -2.42. The molecule has 0 bridgehead atoms. The molecule has 4 fully saturated rings. The standard InChI is InChI=1S/C32H40N2O2.C29H43N3O2.C29H42N2O3.C27H39N3O2/c1-22(2)31-29-20-26-11-7-8-12-27(26)28(29)17-18-34(31)32(36)25-15-13-24(14-16-25)21-33(3)30(35)19-23-9-5-4-6-10-23;1-19(2)26-25-17-22-9-7-8-10-23(22)24(25)15-16-32(26)27(33)21-13-11-20(12-14-21)18-31(6)28(34)30-29(3,4)5;1-19(2)26-25-17-22-9-7-8-10-23(22)24(25)15-16-31(26)27(32)21-13-11-20(12-14-21)18-30(6)28(33)34-29(3,4)5;1-5-28-27(32)29(4)17-19-10-12-20(13-11-19)26(31)30-15-14-23-22-9-7-6-8-21(22)16-24(23)25(30)18(2)3/h4-12,22,24-25,31H,13-21H2,1-3H3;7-10,19-21,26H,11-18H2,1-6H3,(H,30,34);7-10,19-21,26H,11-18H2,1-6H3;6-9,18-20,25H,5,10-17H2,1-4H3,(H,28,32). The van der Waals surface area contributed by atoms with E-state index in [2.05, 4.69) is 183 Å². The van der Waals surface area contributed by atoms with Gasteiger partial charge in [-0.2, -0.15) is 0 Å². The van der Waals surface area contributed by atoms with E-state index in [-0.39, 0.29) is 77.4 Å². The van der Waals surface area contributed by atoms with Gasteiger partial charge in [0.15, 0.2) is 0 Å². The number of ether oxygens (including phenoxy) is 1. The van der Waals surface area contributed by atoms with Gasteiger partial charge in [-0.05, 0) is 345 Å². The van der Waals surface area contributed by atoms with Crippen LogP contribution in [0.1, 0.15) is 282 Å². The molecular formula is C117H164N10O9. The SMILES string of the molecule is CC(C)C1C2=C(CCN1C(=O)C1CCC(CN(C)C(=O)Cc3ccccc3)CC1)c1ccccc1C2.CC(C)C1C2=C(CCN1C(=O)C1CCC(CN(C)C(=O)NC(C)(C)C)CC1)c1ccccc1C2.CC(C)C1C2=C(CCN1C(=O)C1CCC(CN(C)C(=O)OC(C)(C)C)CC1)c1ccccc1C2.CCNC(=O)N(C)CC1CCC(C(=O)N2CCC3=C(Cc4ccccc43)C2C(C)C)CC1. The summed E-state index contributed by atoms with van der Waals surface area (Å²) in [6.07, 6.45) is 23.7. The fraction of sp³-hybridized carbons (Fsp3) is 0.607. The lowest BCUT2D eigenvalue weighted by atomic mass is 9.79. The monoisotopic (exact) mass is 1850 g/mol. The second-order valence-corrected chi connectivity index (χ2v) is 45.7. The first-order valence-corrected chi connectivity index (χ1v) is 52.6. The Hall–Kier alpha value is -9.78. The molecule has 2 N–H and O–H groups in total. The summed E-state index contributed by atoms with van der Waals surface area (Å²) < 4.78 is 5.49. The van der Waals surface area contributed by atoms with E-state index in [1.807, 2.05) is 117 Å². The summed E-state index contributed by atoms with van der Waals surface area (Å²) in [5, 5.41) is 5.91. The third-order valence-electron chi connectivity index (χ3n) is 32.0.